The number of H-pyrrole nitrogens is 1. The number of carbonyl (C=O) groups is 2. The molecular formula is C21H23N3O5. The lowest BCUT2D eigenvalue weighted by molar-refractivity contribution is -0.112. The lowest BCUT2D eigenvalue weighted by atomic mass is 10.1. The lowest BCUT2D eigenvalue weighted by Crippen LogP contribution is -2.13. The molecule has 0 aliphatic carbocycles. The molecule has 2 rings (SSSR count). The van der Waals surface area contributed by atoms with Crippen LogP contribution in [0.5, 0.6) is 11.5 Å². The summed E-state index contributed by atoms with van der Waals surface area (Å²) >= 11 is 0. The van der Waals surface area contributed by atoms with Crippen molar-refractivity contribution in [2.45, 2.75) is 20.8 Å². The monoisotopic (exact) mass is 397 g/mol. The molecule has 2 N–H and O–H groups in total. The smallest absolute Gasteiger partial charge is 0.340 e. The average Bonchev–Trinajstić information content (AvgIpc) is 2.98. The number of esters is 1. The SMILES string of the molecule is CCOC(=O)c1c(C)[nH]c(/C=C(\C#N)C(=O)Nc2ccc(OC)c(OC)c2)c1C. The van der Waals surface area contributed by atoms with E-state index in [-0.39, 0.29) is 12.2 Å². The zero-order valence-corrected chi connectivity index (χ0v) is 17.0. The second kappa shape index (κ2) is 9.46. The van der Waals surface area contributed by atoms with Crippen LogP contribution in [-0.4, -0.2) is 37.7 Å². The molecule has 8 heteroatoms. The van der Waals surface area contributed by atoms with Gasteiger partial charge in [0, 0.05) is 23.1 Å². The number of hydrogen-bond acceptors (Lipinski definition) is 6. The number of rotatable bonds is 7. The predicted molar refractivity (Wildman–Crippen MR) is 108 cm³/mol. The summed E-state index contributed by atoms with van der Waals surface area (Å²) in [4.78, 5) is 27.7. The van der Waals surface area contributed by atoms with Gasteiger partial charge < -0.3 is 24.5 Å². The molecule has 0 radical (unpaired) electrons. The third-order valence-electron chi connectivity index (χ3n) is 4.25. The van der Waals surface area contributed by atoms with Gasteiger partial charge in [-0.05, 0) is 44.5 Å². The summed E-state index contributed by atoms with van der Waals surface area (Å²) in [6.45, 7) is 5.43. The number of aromatic nitrogens is 1. The van der Waals surface area contributed by atoms with Crippen LogP contribution in [0.4, 0.5) is 5.69 Å². The van der Waals surface area contributed by atoms with Gasteiger partial charge in [-0.2, -0.15) is 5.26 Å². The summed E-state index contributed by atoms with van der Waals surface area (Å²) in [6.07, 6.45) is 1.40. The molecule has 0 aliphatic heterocycles. The third-order valence-corrected chi connectivity index (χ3v) is 4.25. The van der Waals surface area contributed by atoms with Crippen molar-refractivity contribution in [3.63, 3.8) is 0 Å². The van der Waals surface area contributed by atoms with E-state index in [9.17, 15) is 14.9 Å². The van der Waals surface area contributed by atoms with E-state index in [4.69, 9.17) is 14.2 Å². The molecule has 2 aromatic rings. The fourth-order valence-electron chi connectivity index (χ4n) is 2.83. The highest BCUT2D eigenvalue weighted by Gasteiger charge is 2.20. The molecule has 0 unspecified atom stereocenters. The van der Waals surface area contributed by atoms with Gasteiger partial charge in [-0.1, -0.05) is 0 Å². The molecule has 1 heterocycles. The van der Waals surface area contributed by atoms with Crippen LogP contribution in [0.3, 0.4) is 0 Å². The molecule has 0 aliphatic rings. The maximum absolute atomic E-state index is 12.6. The summed E-state index contributed by atoms with van der Waals surface area (Å²) < 4.78 is 15.4. The molecule has 0 fully saturated rings. The summed E-state index contributed by atoms with van der Waals surface area (Å²) in [6, 6.07) is 6.76. The lowest BCUT2D eigenvalue weighted by Gasteiger charge is -2.10. The van der Waals surface area contributed by atoms with Crippen LogP contribution in [0.2, 0.25) is 0 Å². The first-order chi connectivity index (χ1) is 13.9. The van der Waals surface area contributed by atoms with Gasteiger partial charge in [0.2, 0.25) is 0 Å². The largest absolute Gasteiger partial charge is 0.493 e. The van der Waals surface area contributed by atoms with Gasteiger partial charge in [-0.3, -0.25) is 4.79 Å². The number of carbonyl (C=O) groups excluding carboxylic acids is 2. The molecule has 0 saturated heterocycles. The van der Waals surface area contributed by atoms with Crippen LogP contribution in [0, 0.1) is 25.2 Å². The van der Waals surface area contributed by atoms with Crippen molar-refractivity contribution in [3.8, 4) is 17.6 Å². The number of ether oxygens (including phenoxy) is 3. The molecule has 0 saturated carbocycles. The predicted octanol–water partition coefficient (Wildman–Crippen LogP) is 3.37. The van der Waals surface area contributed by atoms with Crippen molar-refractivity contribution >= 4 is 23.6 Å². The van der Waals surface area contributed by atoms with Gasteiger partial charge in [0.05, 0.1) is 26.4 Å². The van der Waals surface area contributed by atoms with Crippen molar-refractivity contribution in [1.82, 2.24) is 4.98 Å². The van der Waals surface area contributed by atoms with Crippen LogP contribution >= 0.6 is 0 Å². The van der Waals surface area contributed by atoms with E-state index in [1.54, 1.807) is 39.0 Å². The van der Waals surface area contributed by atoms with E-state index in [1.807, 2.05) is 6.07 Å². The van der Waals surface area contributed by atoms with Crippen molar-refractivity contribution in [2.75, 3.05) is 26.1 Å². The van der Waals surface area contributed by atoms with Crippen molar-refractivity contribution < 1.29 is 23.8 Å². The quantitative estimate of drug-likeness (QED) is 0.421. The Bertz CT molecular complexity index is 998. The Kier molecular flexibility index (Phi) is 7.04. The van der Waals surface area contributed by atoms with Crippen LogP contribution in [0.25, 0.3) is 6.08 Å². The maximum atomic E-state index is 12.6. The number of anilines is 1. The summed E-state index contributed by atoms with van der Waals surface area (Å²) in [5.41, 5.74) is 2.41. The van der Waals surface area contributed by atoms with E-state index in [0.717, 1.165) is 0 Å². The van der Waals surface area contributed by atoms with Crippen molar-refractivity contribution in [1.29, 1.82) is 5.26 Å². The van der Waals surface area contributed by atoms with Crippen LogP contribution in [-0.2, 0) is 9.53 Å². The molecule has 0 spiro atoms. The molecular weight excluding hydrogens is 374 g/mol. The highest BCUT2D eigenvalue weighted by Crippen LogP contribution is 2.30. The Hall–Kier alpha value is -3.73. The number of amides is 1. The molecule has 0 atom stereocenters. The number of aromatic amines is 1. The van der Waals surface area contributed by atoms with Gasteiger partial charge in [-0.15, -0.1) is 0 Å². The summed E-state index contributed by atoms with van der Waals surface area (Å²) in [5.74, 6) is -0.0797. The van der Waals surface area contributed by atoms with E-state index in [0.29, 0.717) is 39.7 Å². The summed E-state index contributed by atoms with van der Waals surface area (Å²) in [7, 11) is 3.00. The molecule has 1 aromatic carbocycles. The number of nitriles is 1. The van der Waals surface area contributed by atoms with Crippen molar-refractivity contribution in [3.05, 3.63) is 46.3 Å². The van der Waals surface area contributed by atoms with Crippen LogP contribution in [0.15, 0.2) is 23.8 Å². The van der Waals surface area contributed by atoms with E-state index in [2.05, 4.69) is 10.3 Å². The van der Waals surface area contributed by atoms with Crippen LogP contribution < -0.4 is 14.8 Å². The summed E-state index contributed by atoms with van der Waals surface area (Å²) in [5, 5.41) is 12.1. The topological polar surface area (TPSA) is 113 Å². The van der Waals surface area contributed by atoms with Gasteiger partial charge in [0.25, 0.3) is 5.91 Å². The zero-order valence-electron chi connectivity index (χ0n) is 17.0. The number of nitrogens with zero attached hydrogens (tertiary/aromatic N) is 1. The molecule has 1 amide bonds. The third kappa shape index (κ3) is 4.76. The minimum atomic E-state index is -0.593. The van der Waals surface area contributed by atoms with E-state index >= 15 is 0 Å². The Morgan fingerprint density at radius 2 is 1.90 bits per heavy atom. The number of hydrogen-bond donors (Lipinski definition) is 2. The van der Waals surface area contributed by atoms with Gasteiger partial charge in [0.15, 0.2) is 11.5 Å². The fraction of sp³-hybridized carbons (Fsp3) is 0.286. The first-order valence-corrected chi connectivity index (χ1v) is 8.87. The normalized spacial score (nSPS) is 10.8. The maximum Gasteiger partial charge on any atom is 0.340 e. The standard InChI is InChI=1S/C21H23N3O5/c1-6-29-21(26)19-12(2)16(23-13(19)3)9-14(11-22)20(25)24-15-7-8-17(27-4)18(10-15)28-5/h7-10,23H,6H2,1-5H3,(H,24,25)/b14-9+. The van der Waals surface area contributed by atoms with Gasteiger partial charge >= 0.3 is 5.97 Å². The molecule has 0 bridgehead atoms. The number of benzene rings is 1. The van der Waals surface area contributed by atoms with E-state index < -0.39 is 11.9 Å². The molecule has 152 valence electrons. The number of methoxy groups -OCH3 is 2. The highest BCUT2D eigenvalue weighted by atomic mass is 16.5. The average molecular weight is 397 g/mol. The second-order valence-electron chi connectivity index (χ2n) is 6.08. The Balaban J connectivity index is 2.31. The van der Waals surface area contributed by atoms with E-state index in [1.165, 1.54) is 20.3 Å². The second-order valence-corrected chi connectivity index (χ2v) is 6.08. The highest BCUT2D eigenvalue weighted by molar-refractivity contribution is 6.10. The van der Waals surface area contributed by atoms with Crippen LogP contribution in [0.1, 0.15) is 34.2 Å². The molecule has 29 heavy (non-hydrogen) atoms. The minimum Gasteiger partial charge on any atom is -0.493 e. The zero-order chi connectivity index (χ0) is 21.6. The number of nitrogens with one attached hydrogen (secondary N) is 2. The van der Waals surface area contributed by atoms with Gasteiger partial charge in [-0.25, -0.2) is 4.79 Å². The minimum absolute atomic E-state index is 0.125. The first-order valence-electron chi connectivity index (χ1n) is 8.87. The Labute approximate surface area is 169 Å². The Morgan fingerprint density at radius 3 is 2.48 bits per heavy atom. The van der Waals surface area contributed by atoms with Crippen molar-refractivity contribution in [2.24, 2.45) is 0 Å². The van der Waals surface area contributed by atoms with Gasteiger partial charge in [0.1, 0.15) is 11.6 Å². The Morgan fingerprint density at radius 1 is 1.21 bits per heavy atom. The number of aryl methyl sites for hydroxylation is 1. The molecule has 1 aromatic heterocycles. The fourth-order valence-corrected chi connectivity index (χ4v) is 2.83. The molecule has 8 nitrogen and oxygen atoms in total. The first kappa shape index (κ1) is 21.6.